The highest BCUT2D eigenvalue weighted by molar-refractivity contribution is 7.63. The first-order chi connectivity index (χ1) is 17.1. The molecule has 1 aliphatic rings. The summed E-state index contributed by atoms with van der Waals surface area (Å²) in [4.78, 5) is 26.2. The van der Waals surface area contributed by atoms with E-state index in [9.17, 15) is 23.7 Å². The van der Waals surface area contributed by atoms with Crippen molar-refractivity contribution in [2.24, 2.45) is 0 Å². The first-order valence-electron chi connectivity index (χ1n) is 11.7. The summed E-state index contributed by atoms with van der Waals surface area (Å²) in [6.45, 7) is 3.91. The number of aromatic nitrogens is 1. The van der Waals surface area contributed by atoms with Crippen molar-refractivity contribution < 1.29 is 28.9 Å². The lowest BCUT2D eigenvalue weighted by atomic mass is 9.81. The van der Waals surface area contributed by atoms with Crippen molar-refractivity contribution in [3.8, 4) is 34.0 Å². The van der Waals surface area contributed by atoms with Crippen molar-refractivity contribution in [2.75, 3.05) is 6.16 Å². The zero-order valence-electron chi connectivity index (χ0n) is 20.0. The second kappa shape index (κ2) is 10.4. The molecule has 36 heavy (non-hydrogen) atoms. The number of nitrogens with zero attached hydrogens (tertiary/aromatic N) is 1. The summed E-state index contributed by atoms with van der Waals surface area (Å²) in [7, 11) is -4.18. The largest absolute Gasteiger partial charge is 0.481 e. The summed E-state index contributed by atoms with van der Waals surface area (Å²) in [6.07, 6.45) is -1.34. The van der Waals surface area contributed by atoms with E-state index in [4.69, 9.17) is 10.1 Å². The highest BCUT2D eigenvalue weighted by atomic mass is 31.2. The number of carbonyl (C=O) groups is 1. The molecular formula is C28H27FNO5P. The summed E-state index contributed by atoms with van der Waals surface area (Å²) in [5.74, 6) is 1.14. The Labute approximate surface area is 209 Å². The van der Waals surface area contributed by atoms with Crippen molar-refractivity contribution in [1.82, 2.24) is 4.98 Å². The third-order valence-corrected chi connectivity index (χ3v) is 7.52. The van der Waals surface area contributed by atoms with Crippen molar-refractivity contribution in [2.45, 2.75) is 45.1 Å². The van der Waals surface area contributed by atoms with E-state index in [2.05, 4.69) is 17.6 Å². The van der Waals surface area contributed by atoms with Gasteiger partial charge in [0, 0.05) is 11.1 Å². The Morgan fingerprint density at radius 1 is 1.14 bits per heavy atom. The molecule has 4 rings (SSSR count). The first kappa shape index (κ1) is 25.8. The topological polar surface area (TPSA) is 108 Å². The molecule has 0 saturated heterocycles. The Hall–Kier alpha value is -3.30. The van der Waals surface area contributed by atoms with Gasteiger partial charge in [-0.2, -0.15) is 0 Å². The maximum Gasteiger partial charge on any atom is 0.305 e. The van der Waals surface area contributed by atoms with Gasteiger partial charge in [0.15, 0.2) is 0 Å². The van der Waals surface area contributed by atoms with Crippen molar-refractivity contribution in [1.29, 1.82) is 0 Å². The van der Waals surface area contributed by atoms with Crippen molar-refractivity contribution >= 4 is 13.3 Å². The fourth-order valence-electron chi connectivity index (χ4n) is 4.56. The molecule has 0 spiro atoms. The standard InChI is InChI=1S/C28H27FNO5P/c1-17(2)27-24(13-14-36(34,35)16-21(31)15-25(32)33)26(19-7-10-20(29)11-8-19)23-12-9-18-5-3-4-6-22(18)28(23)30-27/h3-8,10-11,17,21,31H,9,12,15-16H2,1-2H3,(H,32,33)(H,34,35)/t21-/m1/s1. The predicted molar refractivity (Wildman–Crippen MR) is 136 cm³/mol. The lowest BCUT2D eigenvalue weighted by Crippen LogP contribution is -2.17. The fraction of sp³-hybridized carbons (Fsp3) is 0.286. The number of fused-ring (bicyclic) bond motifs is 3. The average Bonchev–Trinajstić information content (AvgIpc) is 2.81. The smallest absolute Gasteiger partial charge is 0.305 e. The number of hydrogen-bond acceptors (Lipinski definition) is 4. The summed E-state index contributed by atoms with van der Waals surface area (Å²) in [5, 5.41) is 18.7. The van der Waals surface area contributed by atoms with Gasteiger partial charge in [0.2, 0.25) is 0 Å². The first-order valence-corrected chi connectivity index (χ1v) is 13.6. The maximum absolute atomic E-state index is 13.8. The SMILES string of the molecule is CC(C)c1nc2c(c(-c3ccc(F)cc3)c1C#CP(=O)(O)C[C@H](O)CC(=O)O)CCc1ccccc1-2. The Balaban J connectivity index is 1.94. The van der Waals surface area contributed by atoms with Crippen LogP contribution in [0.4, 0.5) is 4.39 Å². The van der Waals surface area contributed by atoms with Gasteiger partial charge in [-0.05, 0) is 53.2 Å². The van der Waals surface area contributed by atoms with Crippen LogP contribution < -0.4 is 0 Å². The highest BCUT2D eigenvalue weighted by Gasteiger charge is 2.27. The van der Waals surface area contributed by atoms with Crippen LogP contribution in [-0.4, -0.2) is 38.3 Å². The molecule has 8 heteroatoms. The molecule has 0 bridgehead atoms. The molecule has 2 atom stereocenters. The number of aliphatic carboxylic acids is 1. The number of aliphatic hydroxyl groups excluding tert-OH is 1. The molecule has 1 aliphatic carbocycles. The summed E-state index contributed by atoms with van der Waals surface area (Å²) < 4.78 is 26.6. The molecule has 0 saturated carbocycles. The van der Waals surface area contributed by atoms with Gasteiger partial charge >= 0.3 is 5.97 Å². The minimum Gasteiger partial charge on any atom is -0.481 e. The van der Waals surface area contributed by atoms with E-state index >= 15 is 0 Å². The maximum atomic E-state index is 13.8. The second-order valence-corrected chi connectivity index (χ2v) is 11.3. The van der Waals surface area contributed by atoms with Crippen LogP contribution in [0.25, 0.3) is 22.4 Å². The Morgan fingerprint density at radius 2 is 1.83 bits per heavy atom. The van der Waals surface area contributed by atoms with Crippen molar-refractivity contribution in [3.63, 3.8) is 0 Å². The van der Waals surface area contributed by atoms with Crippen LogP contribution in [0.2, 0.25) is 0 Å². The number of halogens is 1. The number of carboxylic acid groups (broad SMARTS) is 1. The Kier molecular flexibility index (Phi) is 7.42. The lowest BCUT2D eigenvalue weighted by Gasteiger charge is -2.25. The summed E-state index contributed by atoms with van der Waals surface area (Å²) in [6, 6.07) is 14.1. The molecule has 0 aliphatic heterocycles. The number of carboxylic acids is 1. The fourth-order valence-corrected chi connectivity index (χ4v) is 5.63. The number of rotatable bonds is 6. The van der Waals surface area contributed by atoms with Crippen LogP contribution in [0.5, 0.6) is 0 Å². The number of hydrogen-bond donors (Lipinski definition) is 3. The van der Waals surface area contributed by atoms with Gasteiger partial charge in [0.05, 0.1) is 35.6 Å². The molecule has 1 aromatic heterocycles. The second-order valence-electron chi connectivity index (χ2n) is 9.27. The van der Waals surface area contributed by atoms with Crippen LogP contribution in [0.3, 0.4) is 0 Å². The average molecular weight is 507 g/mol. The summed E-state index contributed by atoms with van der Waals surface area (Å²) in [5.41, 5.74) is 8.98. The van der Waals surface area contributed by atoms with Gasteiger partial charge in [0.25, 0.3) is 7.37 Å². The molecule has 0 fully saturated rings. The summed E-state index contributed by atoms with van der Waals surface area (Å²) >= 11 is 0. The normalized spacial score (nSPS) is 14.7. The van der Waals surface area contributed by atoms with E-state index < -0.39 is 32.0 Å². The van der Waals surface area contributed by atoms with E-state index in [1.807, 2.05) is 32.0 Å². The van der Waals surface area contributed by atoms with Crippen LogP contribution in [0.15, 0.2) is 48.5 Å². The predicted octanol–water partition coefficient (Wildman–Crippen LogP) is 5.19. The van der Waals surface area contributed by atoms with Crippen molar-refractivity contribution in [3.05, 3.63) is 76.7 Å². The van der Waals surface area contributed by atoms with E-state index in [-0.39, 0.29) is 11.7 Å². The molecule has 2 aromatic carbocycles. The van der Waals surface area contributed by atoms with Crippen LogP contribution in [0, 0.1) is 17.4 Å². The molecule has 186 valence electrons. The van der Waals surface area contributed by atoms with E-state index in [1.54, 1.807) is 12.1 Å². The number of aryl methyl sites for hydroxylation is 1. The molecule has 6 nitrogen and oxygen atoms in total. The zero-order chi connectivity index (χ0) is 26.0. The third kappa shape index (κ3) is 5.57. The molecule has 0 radical (unpaired) electrons. The van der Waals surface area contributed by atoms with Gasteiger partial charge in [-0.3, -0.25) is 14.3 Å². The van der Waals surface area contributed by atoms with Gasteiger partial charge in [-0.1, -0.05) is 56.2 Å². The molecule has 1 unspecified atom stereocenters. The number of aliphatic hydroxyl groups is 1. The highest BCUT2D eigenvalue weighted by Crippen LogP contribution is 2.43. The van der Waals surface area contributed by atoms with Gasteiger partial charge in [-0.25, -0.2) is 4.39 Å². The van der Waals surface area contributed by atoms with E-state index in [1.165, 1.54) is 17.7 Å². The molecule has 1 heterocycles. The zero-order valence-corrected chi connectivity index (χ0v) is 20.9. The monoisotopic (exact) mass is 507 g/mol. The lowest BCUT2D eigenvalue weighted by molar-refractivity contribution is -0.138. The molecule has 0 amide bonds. The molecule has 3 N–H and O–H groups in total. The van der Waals surface area contributed by atoms with Crippen LogP contribution in [0.1, 0.15) is 48.6 Å². The number of benzene rings is 2. The third-order valence-electron chi connectivity index (χ3n) is 6.15. The molecule has 3 aromatic rings. The van der Waals surface area contributed by atoms with E-state index in [0.29, 0.717) is 17.7 Å². The minimum absolute atomic E-state index is 0.0800. The van der Waals surface area contributed by atoms with Gasteiger partial charge in [-0.15, -0.1) is 0 Å². The number of pyridine rings is 1. The molecular weight excluding hydrogens is 480 g/mol. The van der Waals surface area contributed by atoms with Gasteiger partial charge < -0.3 is 15.1 Å². The Bertz CT molecular complexity index is 1420. The van der Waals surface area contributed by atoms with Gasteiger partial charge in [0.1, 0.15) is 5.82 Å². The quantitative estimate of drug-likeness (QED) is 0.313. The van der Waals surface area contributed by atoms with E-state index in [0.717, 1.165) is 34.4 Å². The Morgan fingerprint density at radius 3 is 2.50 bits per heavy atom. The minimum atomic E-state index is -4.18. The van der Waals surface area contributed by atoms with Crippen LogP contribution >= 0.6 is 7.37 Å². The van der Waals surface area contributed by atoms with Crippen LogP contribution in [-0.2, 0) is 22.2 Å².